The van der Waals surface area contributed by atoms with Crippen molar-refractivity contribution < 1.29 is 4.79 Å². The third-order valence-corrected chi connectivity index (χ3v) is 8.83. The standard InChI is InChI=1S/C35H43ClN4O/c1-24(2)20-25(3)34-38-31(29-17-9-10-18-30(29)36)21-32(39-34)37-22-26-12-11-19-40(23-26)35(41)33(28-15-7-8-16-28)27-13-5-4-6-14-27/h4-6,9-10,13-14,17-18,20-21,26,28,33,37,39H,7-8,11-12,15-16,19,22-23H2,1-3H3/b34-25-. The van der Waals surface area contributed by atoms with E-state index in [0.29, 0.717) is 22.8 Å². The van der Waals surface area contributed by atoms with Crippen molar-refractivity contribution in [2.45, 2.75) is 65.2 Å². The van der Waals surface area contributed by atoms with Gasteiger partial charge < -0.3 is 15.5 Å². The first-order valence-corrected chi connectivity index (χ1v) is 15.5. The zero-order valence-corrected chi connectivity index (χ0v) is 25.4. The Morgan fingerprint density at radius 3 is 2.51 bits per heavy atom. The predicted octanol–water partition coefficient (Wildman–Crippen LogP) is 7.57. The number of likely N-dealkylation sites (tertiary alicyclic amines) is 1. The number of nitrogens with one attached hydrogen (secondary N) is 2. The second-order valence-corrected chi connectivity index (χ2v) is 12.4. The van der Waals surface area contributed by atoms with Gasteiger partial charge in [0, 0.05) is 36.3 Å². The van der Waals surface area contributed by atoms with E-state index >= 15 is 0 Å². The molecule has 216 valence electrons. The number of halogens is 1. The number of aliphatic imine (C=N–C) groups is 1. The van der Waals surface area contributed by atoms with Gasteiger partial charge in [-0.05, 0) is 75.5 Å². The summed E-state index contributed by atoms with van der Waals surface area (Å²) in [5, 5.41) is 7.84. The third-order valence-electron chi connectivity index (χ3n) is 8.50. The average molecular weight is 571 g/mol. The molecule has 41 heavy (non-hydrogen) atoms. The van der Waals surface area contributed by atoms with E-state index in [0.717, 1.165) is 73.8 Å². The maximum Gasteiger partial charge on any atom is 0.230 e. The number of carbonyl (C=O) groups excluding carboxylic acids is 1. The van der Waals surface area contributed by atoms with Gasteiger partial charge in [-0.15, -0.1) is 0 Å². The van der Waals surface area contributed by atoms with Crippen LogP contribution >= 0.6 is 11.6 Å². The summed E-state index contributed by atoms with van der Waals surface area (Å²) in [5.41, 5.74) is 5.20. The molecule has 2 aromatic rings. The van der Waals surface area contributed by atoms with E-state index in [4.69, 9.17) is 16.6 Å². The van der Waals surface area contributed by atoms with Gasteiger partial charge in [0.1, 0.15) is 11.6 Å². The van der Waals surface area contributed by atoms with Gasteiger partial charge in [-0.3, -0.25) is 4.79 Å². The van der Waals surface area contributed by atoms with Crippen molar-refractivity contribution in [1.82, 2.24) is 15.5 Å². The summed E-state index contributed by atoms with van der Waals surface area (Å²) in [4.78, 5) is 21.1. The summed E-state index contributed by atoms with van der Waals surface area (Å²) in [6, 6.07) is 18.3. The van der Waals surface area contributed by atoms with Gasteiger partial charge >= 0.3 is 0 Å². The Balaban J connectivity index is 1.30. The SMILES string of the molecule is CC(C)=C/C(C)=C1/N=C(c2ccccc2Cl)C=C(NCC2CCCN(C(=O)C(c3ccccc3)C3CCCC3)C2)N1. The summed E-state index contributed by atoms with van der Waals surface area (Å²) < 4.78 is 0. The van der Waals surface area contributed by atoms with Crippen LogP contribution in [-0.4, -0.2) is 36.2 Å². The molecule has 5 nitrogen and oxygen atoms in total. The molecule has 5 rings (SSSR count). The minimum atomic E-state index is -0.0201. The second kappa shape index (κ2) is 13.6. The number of amides is 1. The Morgan fingerprint density at radius 1 is 1.05 bits per heavy atom. The number of piperidine rings is 1. The average Bonchev–Trinajstić information content (AvgIpc) is 3.51. The second-order valence-electron chi connectivity index (χ2n) is 12.0. The Morgan fingerprint density at radius 2 is 1.78 bits per heavy atom. The van der Waals surface area contributed by atoms with Gasteiger partial charge in [-0.2, -0.15) is 0 Å². The van der Waals surface area contributed by atoms with Crippen molar-refractivity contribution in [2.24, 2.45) is 16.8 Å². The van der Waals surface area contributed by atoms with E-state index in [1.54, 1.807) is 0 Å². The summed E-state index contributed by atoms with van der Waals surface area (Å²) >= 11 is 6.56. The van der Waals surface area contributed by atoms with Crippen LogP contribution in [0.5, 0.6) is 0 Å². The van der Waals surface area contributed by atoms with Crippen molar-refractivity contribution in [1.29, 1.82) is 0 Å². The molecule has 1 amide bonds. The van der Waals surface area contributed by atoms with Crippen LogP contribution in [-0.2, 0) is 4.79 Å². The summed E-state index contributed by atoms with van der Waals surface area (Å²) in [6.07, 6.45) is 11.1. The Hall–Kier alpha value is -3.31. The number of carbonyl (C=O) groups is 1. The van der Waals surface area contributed by atoms with Crippen molar-refractivity contribution in [3.8, 4) is 0 Å². The first-order chi connectivity index (χ1) is 19.9. The van der Waals surface area contributed by atoms with Gasteiger partial charge in [-0.25, -0.2) is 4.99 Å². The lowest BCUT2D eigenvalue weighted by atomic mass is 9.83. The smallest absolute Gasteiger partial charge is 0.230 e. The normalized spacial score (nSPS) is 21.4. The lowest BCUT2D eigenvalue weighted by Crippen LogP contribution is -2.46. The Kier molecular flexibility index (Phi) is 9.66. The molecule has 2 unspecified atom stereocenters. The van der Waals surface area contributed by atoms with E-state index in [-0.39, 0.29) is 5.92 Å². The third kappa shape index (κ3) is 7.32. The zero-order chi connectivity index (χ0) is 28.8. The topological polar surface area (TPSA) is 56.7 Å². The highest BCUT2D eigenvalue weighted by Crippen LogP contribution is 2.39. The molecule has 2 aromatic carbocycles. The van der Waals surface area contributed by atoms with Crippen LogP contribution in [0.1, 0.15) is 76.3 Å². The molecule has 1 saturated heterocycles. The lowest BCUT2D eigenvalue weighted by molar-refractivity contribution is -0.136. The first-order valence-electron chi connectivity index (χ1n) is 15.1. The highest BCUT2D eigenvalue weighted by Gasteiger charge is 2.36. The van der Waals surface area contributed by atoms with Gasteiger partial charge in [0.15, 0.2) is 0 Å². The molecule has 2 atom stereocenters. The fourth-order valence-electron chi connectivity index (χ4n) is 6.52. The zero-order valence-electron chi connectivity index (χ0n) is 24.6. The molecule has 2 fully saturated rings. The van der Waals surface area contributed by atoms with Crippen LogP contribution in [0.25, 0.3) is 0 Å². The molecule has 6 heteroatoms. The van der Waals surface area contributed by atoms with Gasteiger partial charge in [0.25, 0.3) is 0 Å². The molecule has 2 N–H and O–H groups in total. The molecular formula is C35H43ClN4O. The molecule has 3 aliphatic rings. The minimum absolute atomic E-state index is 0.0201. The molecule has 1 aliphatic carbocycles. The van der Waals surface area contributed by atoms with E-state index < -0.39 is 0 Å². The quantitative estimate of drug-likeness (QED) is 0.344. The minimum Gasteiger partial charge on any atom is -0.371 e. The molecule has 0 aromatic heterocycles. The number of allylic oxidation sites excluding steroid dienone is 4. The summed E-state index contributed by atoms with van der Waals surface area (Å²) in [6.45, 7) is 8.68. The molecule has 0 spiro atoms. The lowest BCUT2D eigenvalue weighted by Gasteiger charge is -2.37. The van der Waals surface area contributed by atoms with E-state index in [2.05, 4.69) is 66.6 Å². The van der Waals surface area contributed by atoms with Crippen LogP contribution in [0, 0.1) is 11.8 Å². The molecule has 2 heterocycles. The van der Waals surface area contributed by atoms with Crippen LogP contribution in [0.15, 0.2) is 94.5 Å². The first kappa shape index (κ1) is 29.2. The van der Waals surface area contributed by atoms with E-state index in [9.17, 15) is 4.79 Å². The molecule has 1 saturated carbocycles. The molecule has 0 radical (unpaired) electrons. The fraction of sp³-hybridized carbons (Fsp3) is 0.429. The number of hydrogen-bond acceptors (Lipinski definition) is 4. The number of hydrogen-bond donors (Lipinski definition) is 2. The molecule has 2 aliphatic heterocycles. The van der Waals surface area contributed by atoms with Crippen LogP contribution in [0.3, 0.4) is 0 Å². The van der Waals surface area contributed by atoms with Crippen molar-refractivity contribution in [3.05, 3.63) is 106 Å². The summed E-state index contributed by atoms with van der Waals surface area (Å²) in [7, 11) is 0. The highest BCUT2D eigenvalue weighted by molar-refractivity contribution is 6.35. The van der Waals surface area contributed by atoms with Crippen molar-refractivity contribution in [3.63, 3.8) is 0 Å². The van der Waals surface area contributed by atoms with Crippen molar-refractivity contribution >= 4 is 23.2 Å². The predicted molar refractivity (Wildman–Crippen MR) is 170 cm³/mol. The number of nitrogens with zero attached hydrogens (tertiary/aromatic N) is 2. The van der Waals surface area contributed by atoms with Crippen LogP contribution in [0.2, 0.25) is 5.02 Å². The maximum absolute atomic E-state index is 14.0. The van der Waals surface area contributed by atoms with Gasteiger partial charge in [0.2, 0.25) is 5.91 Å². The van der Waals surface area contributed by atoms with E-state index in [1.165, 1.54) is 24.0 Å². The number of benzene rings is 2. The van der Waals surface area contributed by atoms with Gasteiger partial charge in [0.05, 0.1) is 11.6 Å². The highest BCUT2D eigenvalue weighted by atomic mass is 35.5. The van der Waals surface area contributed by atoms with Crippen molar-refractivity contribution in [2.75, 3.05) is 19.6 Å². The monoisotopic (exact) mass is 570 g/mol. The maximum atomic E-state index is 14.0. The number of rotatable bonds is 8. The largest absolute Gasteiger partial charge is 0.371 e. The Labute approximate surface area is 250 Å². The Bertz CT molecular complexity index is 1350. The van der Waals surface area contributed by atoms with E-state index in [1.807, 2.05) is 36.4 Å². The molecule has 0 bridgehead atoms. The van der Waals surface area contributed by atoms with Crippen LogP contribution < -0.4 is 10.6 Å². The summed E-state index contributed by atoms with van der Waals surface area (Å²) in [5.74, 6) is 2.85. The fourth-order valence-corrected chi connectivity index (χ4v) is 6.75. The van der Waals surface area contributed by atoms with Gasteiger partial charge in [-0.1, -0.05) is 84.6 Å². The van der Waals surface area contributed by atoms with Crippen LogP contribution in [0.4, 0.5) is 0 Å². The molecular weight excluding hydrogens is 528 g/mol.